The largest absolute Gasteiger partial charge is 0.456 e. The summed E-state index contributed by atoms with van der Waals surface area (Å²) in [5.41, 5.74) is 20.4. The van der Waals surface area contributed by atoms with Gasteiger partial charge in [0.25, 0.3) is 0 Å². The van der Waals surface area contributed by atoms with Crippen molar-refractivity contribution in [2.75, 3.05) is 0 Å². The van der Waals surface area contributed by atoms with Crippen molar-refractivity contribution >= 4 is 161 Å². The van der Waals surface area contributed by atoms with Gasteiger partial charge in [-0.1, -0.05) is 107 Å². The molecule has 0 bridgehead atoms. The third-order valence-corrected chi connectivity index (χ3v) is 12.3. The van der Waals surface area contributed by atoms with Crippen molar-refractivity contribution in [2.24, 2.45) is 0 Å². The van der Waals surface area contributed by atoms with Crippen LogP contribution in [0.25, 0.3) is 87.6 Å². The molecule has 8 aromatic carbocycles. The molecule has 1 heterocycles. The number of fused-ring (bicyclic) bond motifs is 6. The lowest BCUT2D eigenvalue weighted by molar-refractivity contribution is 0.669. The highest BCUT2D eigenvalue weighted by molar-refractivity contribution is 6.71. The van der Waals surface area contributed by atoms with Crippen LogP contribution in [0.5, 0.6) is 0 Å². The Bertz CT molecular complexity index is 2850. The van der Waals surface area contributed by atoms with E-state index in [1.165, 1.54) is 109 Å². The van der Waals surface area contributed by atoms with Crippen LogP contribution < -0.4 is 43.7 Å². The van der Waals surface area contributed by atoms with Crippen LogP contribution in [0.2, 0.25) is 0 Å². The number of benzene rings is 8. The number of furan rings is 1. The first-order chi connectivity index (χ1) is 24.6. The SMILES string of the molecule is Bc1c(B)c(B)c2c(-c3ccc4oc5cc6ccccc6cc5c4c3)c3c(B)c(B)c(B)c(B)c3c(-c3ccc(-c4ccccc4)cc3)c2c1B. The fourth-order valence-electron chi connectivity index (χ4n) is 8.78. The van der Waals surface area contributed by atoms with Crippen molar-refractivity contribution in [2.45, 2.75) is 0 Å². The molecule has 0 aliphatic rings. The summed E-state index contributed by atoms with van der Waals surface area (Å²) in [6.45, 7) is 0. The van der Waals surface area contributed by atoms with Crippen LogP contribution in [0, 0.1) is 0 Å². The van der Waals surface area contributed by atoms with E-state index < -0.39 is 0 Å². The summed E-state index contributed by atoms with van der Waals surface area (Å²) in [7, 11) is 18.5. The van der Waals surface area contributed by atoms with Crippen molar-refractivity contribution < 1.29 is 4.42 Å². The van der Waals surface area contributed by atoms with Gasteiger partial charge in [0, 0.05) is 10.8 Å². The molecule has 0 N–H and O–H groups in total. The average Bonchev–Trinajstić information content (AvgIpc) is 3.52. The zero-order valence-electron chi connectivity index (χ0n) is 30.8. The van der Waals surface area contributed by atoms with E-state index in [9.17, 15) is 0 Å². The molecule has 0 unspecified atom stereocenters. The van der Waals surface area contributed by atoms with Gasteiger partial charge < -0.3 is 4.42 Å². The van der Waals surface area contributed by atoms with Gasteiger partial charge in [0.15, 0.2) is 0 Å². The van der Waals surface area contributed by atoms with E-state index in [1.54, 1.807) is 0 Å². The molecule has 0 fully saturated rings. The van der Waals surface area contributed by atoms with E-state index in [0.717, 1.165) is 21.9 Å². The molecule has 9 heteroatoms. The Labute approximate surface area is 306 Å². The summed E-state index contributed by atoms with van der Waals surface area (Å²) in [5, 5.41) is 10.2. The first-order valence-electron chi connectivity index (χ1n) is 18.1. The molecule has 232 valence electrons. The van der Waals surface area contributed by atoms with Crippen LogP contribution in [0.4, 0.5) is 0 Å². The monoisotopic (exact) mass is 642 g/mol. The summed E-state index contributed by atoms with van der Waals surface area (Å²) in [6, 6.07) is 39.9. The van der Waals surface area contributed by atoms with E-state index in [1.807, 2.05) is 0 Å². The van der Waals surface area contributed by atoms with Crippen molar-refractivity contribution in [3.8, 4) is 33.4 Å². The molecular formula is C42H34B8O. The van der Waals surface area contributed by atoms with Crippen LogP contribution in [-0.4, -0.2) is 62.8 Å². The Morgan fingerprint density at radius 1 is 0.314 bits per heavy atom. The minimum absolute atomic E-state index is 0.924. The Hall–Kier alpha value is -5.14. The first-order valence-corrected chi connectivity index (χ1v) is 18.1. The highest BCUT2D eigenvalue weighted by Gasteiger charge is 2.25. The van der Waals surface area contributed by atoms with Gasteiger partial charge in [-0.2, -0.15) is 0 Å². The van der Waals surface area contributed by atoms with Gasteiger partial charge in [0.1, 0.15) is 73.9 Å². The molecule has 0 spiro atoms. The second kappa shape index (κ2) is 11.7. The quantitative estimate of drug-likeness (QED) is 0.163. The van der Waals surface area contributed by atoms with Crippen molar-refractivity contribution in [1.82, 2.24) is 0 Å². The maximum Gasteiger partial charge on any atom is 0.139 e. The van der Waals surface area contributed by atoms with Gasteiger partial charge in [-0.05, 0) is 90.0 Å². The third kappa shape index (κ3) is 4.67. The molecule has 0 aliphatic heterocycles. The van der Waals surface area contributed by atoms with Crippen LogP contribution in [-0.2, 0) is 0 Å². The highest BCUT2D eigenvalue weighted by atomic mass is 16.3. The first kappa shape index (κ1) is 31.8. The van der Waals surface area contributed by atoms with E-state index in [2.05, 4.69) is 172 Å². The van der Waals surface area contributed by atoms with Gasteiger partial charge in [-0.25, -0.2) is 0 Å². The van der Waals surface area contributed by atoms with Crippen LogP contribution in [0.1, 0.15) is 0 Å². The predicted octanol–water partition coefficient (Wildman–Crippen LogP) is -1.89. The zero-order valence-corrected chi connectivity index (χ0v) is 30.8. The molecule has 9 aromatic rings. The second-order valence-corrected chi connectivity index (χ2v) is 14.7. The number of rotatable bonds is 3. The van der Waals surface area contributed by atoms with Crippen LogP contribution in [0.15, 0.2) is 114 Å². The molecule has 51 heavy (non-hydrogen) atoms. The molecule has 0 saturated heterocycles. The molecule has 1 aromatic heterocycles. The van der Waals surface area contributed by atoms with Crippen LogP contribution in [0.3, 0.4) is 0 Å². The van der Waals surface area contributed by atoms with Gasteiger partial charge in [0.05, 0.1) is 0 Å². The second-order valence-electron chi connectivity index (χ2n) is 14.7. The Morgan fingerprint density at radius 3 is 1.27 bits per heavy atom. The highest BCUT2D eigenvalue weighted by Crippen LogP contribution is 2.43. The molecule has 0 saturated carbocycles. The molecular weight excluding hydrogens is 607 g/mol. The fraction of sp³-hybridized carbons (Fsp3) is 0. The lowest BCUT2D eigenvalue weighted by Gasteiger charge is -2.28. The van der Waals surface area contributed by atoms with E-state index in [-0.39, 0.29) is 0 Å². The molecule has 0 atom stereocenters. The average molecular weight is 641 g/mol. The minimum atomic E-state index is 0.924. The summed E-state index contributed by atoms with van der Waals surface area (Å²) in [4.78, 5) is 0. The van der Waals surface area contributed by atoms with Gasteiger partial charge in [0.2, 0.25) is 0 Å². The normalized spacial score (nSPS) is 11.8. The Morgan fingerprint density at radius 2 is 0.725 bits per heavy atom. The Kier molecular flexibility index (Phi) is 7.30. The summed E-state index contributed by atoms with van der Waals surface area (Å²) in [5.74, 6) is 0. The van der Waals surface area contributed by atoms with E-state index in [4.69, 9.17) is 4.42 Å². The molecule has 0 radical (unpaired) electrons. The fourth-order valence-corrected chi connectivity index (χ4v) is 8.78. The van der Waals surface area contributed by atoms with Crippen molar-refractivity contribution in [3.63, 3.8) is 0 Å². The summed E-state index contributed by atoms with van der Waals surface area (Å²) < 4.78 is 6.50. The summed E-state index contributed by atoms with van der Waals surface area (Å²) >= 11 is 0. The smallest absolute Gasteiger partial charge is 0.139 e. The van der Waals surface area contributed by atoms with E-state index >= 15 is 0 Å². The molecule has 1 nitrogen and oxygen atoms in total. The summed E-state index contributed by atoms with van der Waals surface area (Å²) in [6.07, 6.45) is 0. The standard InChI is InChI=1S/C42H34B8O/c43-35-31-29(21-12-10-20(11-13-21)19-6-2-1-3-7-19)32-34(38(46)42(50)40(48)36(32)44)30(33(31)37(45)41(49)39(35)47)24-14-15-27-25(17-24)26-16-22-8-4-5-9-23(22)18-28(26)51-27/h1-18H,43-50H2. The van der Waals surface area contributed by atoms with Gasteiger partial charge in [-0.3, -0.25) is 0 Å². The molecule has 0 aliphatic carbocycles. The zero-order chi connectivity index (χ0) is 35.3. The maximum absolute atomic E-state index is 6.50. The topological polar surface area (TPSA) is 13.1 Å². The van der Waals surface area contributed by atoms with Crippen molar-refractivity contribution in [1.29, 1.82) is 0 Å². The maximum atomic E-state index is 6.50. The van der Waals surface area contributed by atoms with Crippen molar-refractivity contribution in [3.05, 3.63) is 109 Å². The number of hydrogen-bond donors (Lipinski definition) is 0. The minimum Gasteiger partial charge on any atom is -0.456 e. The van der Waals surface area contributed by atoms with E-state index in [0.29, 0.717) is 0 Å². The van der Waals surface area contributed by atoms with Gasteiger partial charge >= 0.3 is 0 Å². The van der Waals surface area contributed by atoms with Gasteiger partial charge in [-0.15, -0.1) is 21.9 Å². The number of hydrogen-bond acceptors (Lipinski definition) is 1. The lowest BCUT2D eigenvalue weighted by atomic mass is 9.59. The Balaban J connectivity index is 1.45. The third-order valence-electron chi connectivity index (χ3n) is 12.3. The molecule has 0 amide bonds. The van der Waals surface area contributed by atoms with Crippen LogP contribution >= 0.6 is 0 Å². The molecule has 9 rings (SSSR count). The lowest BCUT2D eigenvalue weighted by Crippen LogP contribution is -2.50. The predicted molar refractivity (Wildman–Crippen MR) is 248 cm³/mol.